The van der Waals surface area contributed by atoms with Crippen LogP contribution < -0.4 is 0 Å². The standard InChI is InChI=1S/C19H26N2O3S/c1-13(22)17-4-5-18(25-17)19(23)21-11-14-2-3-16(21)12-20(10-14)15-6-8-24-9-7-15/h4-5,14-16H,2-3,6-12H2,1H3/t14-,16+/m0/s1. The first kappa shape index (κ1) is 17.2. The van der Waals surface area contributed by atoms with Crippen molar-refractivity contribution < 1.29 is 14.3 Å². The number of thiophene rings is 1. The molecule has 25 heavy (non-hydrogen) atoms. The summed E-state index contributed by atoms with van der Waals surface area (Å²) in [6.45, 7) is 6.23. The molecule has 2 atom stereocenters. The number of fused-ring (bicyclic) bond motifs is 4. The van der Waals surface area contributed by atoms with Crippen LogP contribution in [0.5, 0.6) is 0 Å². The van der Waals surface area contributed by atoms with E-state index in [1.807, 2.05) is 6.07 Å². The van der Waals surface area contributed by atoms with E-state index in [0.29, 0.717) is 27.8 Å². The Labute approximate surface area is 152 Å². The van der Waals surface area contributed by atoms with Gasteiger partial charge in [0.05, 0.1) is 9.75 Å². The largest absolute Gasteiger partial charge is 0.381 e. The molecular formula is C19H26N2O3S. The molecule has 4 fully saturated rings. The average molecular weight is 362 g/mol. The summed E-state index contributed by atoms with van der Waals surface area (Å²) in [6.07, 6.45) is 4.54. The van der Waals surface area contributed by atoms with Gasteiger partial charge >= 0.3 is 0 Å². The van der Waals surface area contributed by atoms with Crippen LogP contribution in [0, 0.1) is 5.92 Å². The van der Waals surface area contributed by atoms with E-state index in [1.54, 1.807) is 13.0 Å². The van der Waals surface area contributed by atoms with Gasteiger partial charge in [-0.2, -0.15) is 0 Å². The zero-order chi connectivity index (χ0) is 17.4. The molecule has 0 radical (unpaired) electrons. The Kier molecular flexibility index (Phi) is 4.93. The Morgan fingerprint density at radius 1 is 1.00 bits per heavy atom. The maximum Gasteiger partial charge on any atom is 0.264 e. The molecule has 0 N–H and O–H groups in total. The van der Waals surface area contributed by atoms with Crippen molar-refractivity contribution >= 4 is 23.0 Å². The maximum absolute atomic E-state index is 13.0. The summed E-state index contributed by atoms with van der Waals surface area (Å²) >= 11 is 1.33. The number of amides is 1. The summed E-state index contributed by atoms with van der Waals surface area (Å²) in [6, 6.07) is 4.51. The fourth-order valence-electron chi connectivity index (χ4n) is 4.50. The number of rotatable bonds is 3. The highest BCUT2D eigenvalue weighted by molar-refractivity contribution is 7.15. The Hall–Kier alpha value is -1.24. The van der Waals surface area contributed by atoms with Crippen molar-refractivity contribution in [3.8, 4) is 0 Å². The van der Waals surface area contributed by atoms with E-state index in [0.717, 1.165) is 52.1 Å². The second-order valence-corrected chi connectivity index (χ2v) is 8.66. The van der Waals surface area contributed by atoms with Crippen LogP contribution >= 0.6 is 11.3 Å². The molecule has 5 rings (SSSR count). The maximum atomic E-state index is 13.0. The third-order valence-electron chi connectivity index (χ3n) is 5.87. The number of hydrogen-bond donors (Lipinski definition) is 0. The molecule has 4 aliphatic heterocycles. The minimum atomic E-state index is 0.0344. The second-order valence-electron chi connectivity index (χ2n) is 7.57. The summed E-state index contributed by atoms with van der Waals surface area (Å²) < 4.78 is 5.51. The van der Waals surface area contributed by atoms with E-state index in [-0.39, 0.29) is 11.7 Å². The van der Waals surface area contributed by atoms with Gasteiger partial charge in [-0.1, -0.05) is 0 Å². The van der Waals surface area contributed by atoms with Gasteiger partial charge in [-0.15, -0.1) is 11.3 Å². The van der Waals surface area contributed by atoms with Gasteiger partial charge in [-0.3, -0.25) is 14.5 Å². The van der Waals surface area contributed by atoms with E-state index in [2.05, 4.69) is 9.80 Å². The van der Waals surface area contributed by atoms with Crippen molar-refractivity contribution in [3.63, 3.8) is 0 Å². The van der Waals surface area contributed by atoms with Gasteiger partial charge in [0.1, 0.15) is 0 Å². The predicted molar refractivity (Wildman–Crippen MR) is 97.3 cm³/mol. The van der Waals surface area contributed by atoms with E-state index in [9.17, 15) is 9.59 Å². The highest BCUT2D eigenvalue weighted by Gasteiger charge is 2.39. The lowest BCUT2D eigenvalue weighted by Crippen LogP contribution is -2.48. The SMILES string of the molecule is CC(=O)c1ccc(C(=O)N2C[C@H]3CC[C@@H]2CN(C2CCOCC2)C3)s1. The van der Waals surface area contributed by atoms with Crippen LogP contribution in [0.2, 0.25) is 0 Å². The summed E-state index contributed by atoms with van der Waals surface area (Å²) in [5.41, 5.74) is 0. The molecule has 0 spiro atoms. The fourth-order valence-corrected chi connectivity index (χ4v) is 5.36. The van der Waals surface area contributed by atoms with Crippen LogP contribution in [-0.4, -0.2) is 66.4 Å². The molecular weight excluding hydrogens is 336 g/mol. The Morgan fingerprint density at radius 3 is 2.48 bits per heavy atom. The lowest BCUT2D eigenvalue weighted by Gasteiger charge is -2.36. The number of piperidine rings is 1. The van der Waals surface area contributed by atoms with Crippen molar-refractivity contribution in [1.82, 2.24) is 9.80 Å². The van der Waals surface area contributed by atoms with E-state index in [1.165, 1.54) is 17.8 Å². The molecule has 0 aliphatic carbocycles. The van der Waals surface area contributed by atoms with Gasteiger partial charge in [0.25, 0.3) is 5.91 Å². The lowest BCUT2D eigenvalue weighted by molar-refractivity contribution is 0.0304. The number of carbonyl (C=O) groups is 2. The first-order valence-electron chi connectivity index (χ1n) is 9.35. The quantitative estimate of drug-likeness (QED) is 0.776. The number of ether oxygens (including phenoxy) is 1. The number of nitrogens with zero attached hydrogens (tertiary/aromatic N) is 2. The van der Waals surface area contributed by atoms with Gasteiger partial charge < -0.3 is 9.64 Å². The molecule has 2 bridgehead atoms. The van der Waals surface area contributed by atoms with E-state index in [4.69, 9.17) is 4.74 Å². The van der Waals surface area contributed by atoms with Crippen LogP contribution in [0.25, 0.3) is 0 Å². The highest BCUT2D eigenvalue weighted by atomic mass is 32.1. The molecule has 4 aliphatic rings. The zero-order valence-corrected chi connectivity index (χ0v) is 15.6. The monoisotopic (exact) mass is 362 g/mol. The summed E-state index contributed by atoms with van der Waals surface area (Å²) in [7, 11) is 0. The van der Waals surface area contributed by atoms with E-state index >= 15 is 0 Å². The molecule has 5 heterocycles. The topological polar surface area (TPSA) is 49.9 Å². The molecule has 0 aromatic carbocycles. The van der Waals surface area contributed by atoms with Crippen molar-refractivity contribution in [2.24, 2.45) is 5.92 Å². The van der Waals surface area contributed by atoms with Crippen LogP contribution in [0.1, 0.15) is 52.0 Å². The first-order valence-corrected chi connectivity index (χ1v) is 10.2. The van der Waals surface area contributed by atoms with Crippen LogP contribution in [0.4, 0.5) is 0 Å². The average Bonchev–Trinajstić information content (AvgIpc) is 2.95. The highest BCUT2D eigenvalue weighted by Crippen LogP contribution is 2.32. The molecule has 0 unspecified atom stereocenters. The molecule has 5 nitrogen and oxygen atoms in total. The Morgan fingerprint density at radius 2 is 1.76 bits per heavy atom. The van der Waals surface area contributed by atoms with Crippen LogP contribution in [-0.2, 0) is 4.74 Å². The lowest BCUT2D eigenvalue weighted by atomic mass is 9.95. The van der Waals surface area contributed by atoms with Gasteiger partial charge in [-0.05, 0) is 50.7 Å². The predicted octanol–water partition coefficient (Wildman–Crippen LogP) is 2.67. The summed E-state index contributed by atoms with van der Waals surface area (Å²) in [5, 5.41) is 0. The van der Waals surface area contributed by atoms with Crippen molar-refractivity contribution in [3.05, 3.63) is 21.9 Å². The molecule has 136 valence electrons. The van der Waals surface area contributed by atoms with Crippen molar-refractivity contribution in [2.75, 3.05) is 32.8 Å². The minimum absolute atomic E-state index is 0.0344. The molecule has 0 saturated carbocycles. The number of carbonyl (C=O) groups excluding carboxylic acids is 2. The molecule has 1 aromatic rings. The van der Waals surface area contributed by atoms with Gasteiger partial charge in [0.15, 0.2) is 5.78 Å². The van der Waals surface area contributed by atoms with Gasteiger partial charge in [-0.25, -0.2) is 0 Å². The third kappa shape index (κ3) is 3.52. The Bertz CT molecular complexity index is 653. The zero-order valence-electron chi connectivity index (χ0n) is 14.8. The number of hydrogen-bond acceptors (Lipinski definition) is 5. The summed E-state index contributed by atoms with van der Waals surface area (Å²) in [5.74, 6) is 0.714. The van der Waals surface area contributed by atoms with Gasteiger partial charge in [0.2, 0.25) is 0 Å². The third-order valence-corrected chi connectivity index (χ3v) is 7.05. The molecule has 1 amide bonds. The van der Waals surface area contributed by atoms with Crippen LogP contribution in [0.15, 0.2) is 12.1 Å². The summed E-state index contributed by atoms with van der Waals surface area (Å²) in [4.78, 5) is 30.7. The first-order chi connectivity index (χ1) is 12.1. The van der Waals surface area contributed by atoms with E-state index < -0.39 is 0 Å². The molecule has 4 saturated heterocycles. The molecule has 1 aromatic heterocycles. The number of Topliss-reactive ketones (excluding diaryl/α,β-unsaturated/α-hetero) is 1. The minimum Gasteiger partial charge on any atom is -0.381 e. The Balaban J connectivity index is 1.49. The normalized spacial score (nSPS) is 28.1. The van der Waals surface area contributed by atoms with Crippen molar-refractivity contribution in [2.45, 2.75) is 44.7 Å². The fraction of sp³-hybridized carbons (Fsp3) is 0.684. The van der Waals surface area contributed by atoms with Crippen molar-refractivity contribution in [1.29, 1.82) is 0 Å². The molecule has 6 heteroatoms. The second kappa shape index (κ2) is 7.17. The smallest absolute Gasteiger partial charge is 0.264 e. The van der Waals surface area contributed by atoms with Gasteiger partial charge in [0, 0.05) is 44.9 Å². The number of ketones is 1. The van der Waals surface area contributed by atoms with Crippen LogP contribution in [0.3, 0.4) is 0 Å².